The van der Waals surface area contributed by atoms with Crippen molar-refractivity contribution in [2.24, 2.45) is 0 Å². The molecule has 1 aliphatic rings. The number of carboxylic acid groups (broad SMARTS) is 1. The number of aliphatic carboxylic acids is 1. The summed E-state index contributed by atoms with van der Waals surface area (Å²) in [6, 6.07) is 22.2. The third kappa shape index (κ3) is 5.71. The fraction of sp³-hybridized carbons (Fsp3) is 0.281. The van der Waals surface area contributed by atoms with Gasteiger partial charge in [-0.25, -0.2) is 9.59 Å². The maximum absolute atomic E-state index is 12.8. The average Bonchev–Trinajstić information content (AvgIpc) is 3.41. The number of nitrogens with zero attached hydrogens (tertiary/aromatic N) is 1. The van der Waals surface area contributed by atoms with Gasteiger partial charge in [0.15, 0.2) is 0 Å². The van der Waals surface area contributed by atoms with E-state index in [1.54, 1.807) is 31.5 Å². The van der Waals surface area contributed by atoms with E-state index in [4.69, 9.17) is 9.47 Å². The standard InChI is InChI=1S/C32H32N2O6/c1-32(2,3)40-29(35)16-20-17-34(28-15-9-8-10-21(20)28)18-27(30(36)37)33-31(38)39-19-26-24-13-6-4-11-22(24)23-12-5-7-14-25(23)26/h4-15,17,26-27H,16,18-19H2,1-3H3,(H,33,38)(H,36,37)/t27-/m0/s1. The smallest absolute Gasteiger partial charge is 0.407 e. The number of esters is 1. The Morgan fingerprint density at radius 3 is 2.15 bits per heavy atom. The number of aromatic nitrogens is 1. The van der Waals surface area contributed by atoms with Crippen LogP contribution in [0.25, 0.3) is 22.0 Å². The third-order valence-electron chi connectivity index (χ3n) is 6.94. The summed E-state index contributed by atoms with van der Waals surface area (Å²) in [6.07, 6.45) is 0.978. The molecule has 0 bridgehead atoms. The topological polar surface area (TPSA) is 107 Å². The predicted molar refractivity (Wildman–Crippen MR) is 151 cm³/mol. The molecule has 8 nitrogen and oxygen atoms in total. The summed E-state index contributed by atoms with van der Waals surface area (Å²) >= 11 is 0. The first kappa shape index (κ1) is 27.0. The average molecular weight is 541 g/mol. The van der Waals surface area contributed by atoms with Gasteiger partial charge in [0.05, 0.1) is 13.0 Å². The summed E-state index contributed by atoms with van der Waals surface area (Å²) in [7, 11) is 0. The van der Waals surface area contributed by atoms with Gasteiger partial charge in [-0.1, -0.05) is 66.7 Å². The number of carbonyl (C=O) groups excluding carboxylic acids is 2. The van der Waals surface area contributed by atoms with Gasteiger partial charge in [0.1, 0.15) is 18.2 Å². The van der Waals surface area contributed by atoms with Crippen molar-refractivity contribution in [3.05, 3.63) is 95.7 Å². The minimum atomic E-state index is -1.25. The van der Waals surface area contributed by atoms with Crippen molar-refractivity contribution in [3.8, 4) is 11.1 Å². The van der Waals surface area contributed by atoms with Crippen LogP contribution >= 0.6 is 0 Å². The summed E-state index contributed by atoms with van der Waals surface area (Å²) in [5.74, 6) is -1.70. The predicted octanol–water partition coefficient (Wildman–Crippen LogP) is 5.52. The van der Waals surface area contributed by atoms with Gasteiger partial charge in [-0.15, -0.1) is 0 Å². The second-order valence-corrected chi connectivity index (χ2v) is 10.9. The van der Waals surface area contributed by atoms with Crippen LogP contribution in [0.2, 0.25) is 0 Å². The van der Waals surface area contributed by atoms with E-state index in [2.05, 4.69) is 5.32 Å². The molecule has 0 aliphatic heterocycles. The van der Waals surface area contributed by atoms with E-state index < -0.39 is 23.7 Å². The minimum absolute atomic E-state index is 0.0440. The molecule has 0 saturated heterocycles. The Bertz CT molecular complexity index is 1540. The Balaban J connectivity index is 1.29. The summed E-state index contributed by atoms with van der Waals surface area (Å²) in [5.41, 5.74) is 5.22. The molecular weight excluding hydrogens is 508 g/mol. The van der Waals surface area contributed by atoms with Gasteiger partial charge < -0.3 is 24.5 Å². The van der Waals surface area contributed by atoms with Crippen LogP contribution in [0.15, 0.2) is 79.0 Å². The SMILES string of the molecule is CC(C)(C)OC(=O)Cc1cn(C[C@H](NC(=O)OCC2c3ccccc3-c3ccccc32)C(=O)O)c2ccccc12. The number of ether oxygens (including phenoxy) is 2. The van der Waals surface area contributed by atoms with Crippen LogP contribution in [0, 0.1) is 0 Å². The van der Waals surface area contributed by atoms with E-state index in [1.807, 2.05) is 72.8 Å². The normalized spacial score (nSPS) is 13.4. The van der Waals surface area contributed by atoms with Crippen LogP contribution in [-0.2, 0) is 32.0 Å². The number of nitrogens with one attached hydrogen (secondary N) is 1. The molecule has 1 amide bonds. The summed E-state index contributed by atoms with van der Waals surface area (Å²) in [6.45, 7) is 5.45. The van der Waals surface area contributed by atoms with Gasteiger partial charge in [0, 0.05) is 23.0 Å². The van der Waals surface area contributed by atoms with E-state index in [0.29, 0.717) is 0 Å². The highest BCUT2D eigenvalue weighted by atomic mass is 16.6. The Hall–Kier alpha value is -4.59. The quantitative estimate of drug-likeness (QED) is 0.285. The lowest BCUT2D eigenvalue weighted by Gasteiger charge is -2.19. The largest absolute Gasteiger partial charge is 0.480 e. The Morgan fingerprint density at radius 1 is 0.925 bits per heavy atom. The number of para-hydroxylation sites is 1. The van der Waals surface area contributed by atoms with Crippen LogP contribution in [0.5, 0.6) is 0 Å². The summed E-state index contributed by atoms with van der Waals surface area (Å²) < 4.78 is 12.8. The number of alkyl carbamates (subject to hydrolysis) is 1. The van der Waals surface area contributed by atoms with Crippen molar-refractivity contribution < 1.29 is 29.0 Å². The number of benzene rings is 3. The van der Waals surface area contributed by atoms with E-state index in [0.717, 1.165) is 38.7 Å². The zero-order chi connectivity index (χ0) is 28.4. The molecule has 0 spiro atoms. The Labute approximate surface area is 232 Å². The lowest BCUT2D eigenvalue weighted by atomic mass is 9.98. The van der Waals surface area contributed by atoms with E-state index in [9.17, 15) is 19.5 Å². The van der Waals surface area contributed by atoms with Gasteiger partial charge in [-0.3, -0.25) is 4.79 Å². The fourth-order valence-corrected chi connectivity index (χ4v) is 5.31. The highest BCUT2D eigenvalue weighted by molar-refractivity contribution is 5.88. The lowest BCUT2D eigenvalue weighted by molar-refractivity contribution is -0.154. The first-order valence-electron chi connectivity index (χ1n) is 13.2. The molecule has 1 heterocycles. The number of amides is 1. The van der Waals surface area contributed by atoms with Gasteiger partial charge >= 0.3 is 18.0 Å². The second kappa shape index (κ2) is 10.9. The monoisotopic (exact) mass is 540 g/mol. The second-order valence-electron chi connectivity index (χ2n) is 10.9. The van der Waals surface area contributed by atoms with Crippen molar-refractivity contribution in [2.75, 3.05) is 6.61 Å². The minimum Gasteiger partial charge on any atom is -0.480 e. The van der Waals surface area contributed by atoms with Gasteiger partial charge in [0.2, 0.25) is 0 Å². The zero-order valence-electron chi connectivity index (χ0n) is 22.7. The van der Waals surface area contributed by atoms with Gasteiger partial charge in [-0.2, -0.15) is 0 Å². The number of fused-ring (bicyclic) bond motifs is 4. The Kier molecular flexibility index (Phi) is 7.34. The number of hydrogen-bond donors (Lipinski definition) is 2. The molecule has 4 aromatic rings. The molecule has 0 radical (unpaired) electrons. The van der Waals surface area contributed by atoms with Crippen LogP contribution in [0.1, 0.15) is 43.4 Å². The van der Waals surface area contributed by atoms with Crippen molar-refractivity contribution in [3.63, 3.8) is 0 Å². The molecule has 0 saturated carbocycles. The van der Waals surface area contributed by atoms with Crippen molar-refractivity contribution in [1.29, 1.82) is 0 Å². The molecule has 206 valence electrons. The molecule has 0 fully saturated rings. The van der Waals surface area contributed by atoms with Crippen LogP contribution < -0.4 is 5.32 Å². The molecule has 5 rings (SSSR count). The van der Waals surface area contributed by atoms with Crippen molar-refractivity contribution in [1.82, 2.24) is 9.88 Å². The molecule has 8 heteroatoms. The fourth-order valence-electron chi connectivity index (χ4n) is 5.31. The molecule has 1 aromatic heterocycles. The first-order valence-corrected chi connectivity index (χ1v) is 13.2. The number of hydrogen-bond acceptors (Lipinski definition) is 5. The van der Waals surface area contributed by atoms with E-state index in [-0.39, 0.29) is 31.5 Å². The van der Waals surface area contributed by atoms with E-state index in [1.165, 1.54) is 0 Å². The number of rotatable bonds is 8. The van der Waals surface area contributed by atoms with Gasteiger partial charge in [0.25, 0.3) is 0 Å². The summed E-state index contributed by atoms with van der Waals surface area (Å²) in [4.78, 5) is 37.4. The first-order chi connectivity index (χ1) is 19.1. The lowest BCUT2D eigenvalue weighted by Crippen LogP contribution is -2.44. The molecule has 40 heavy (non-hydrogen) atoms. The van der Waals surface area contributed by atoms with Crippen LogP contribution in [-0.4, -0.2) is 46.0 Å². The molecule has 2 N–H and O–H groups in total. The molecule has 1 aliphatic carbocycles. The van der Waals surface area contributed by atoms with Gasteiger partial charge in [-0.05, 0) is 54.7 Å². The molecular formula is C32H32N2O6. The molecule has 0 unspecified atom stereocenters. The molecule has 3 aromatic carbocycles. The number of carbonyl (C=O) groups is 3. The zero-order valence-corrected chi connectivity index (χ0v) is 22.7. The third-order valence-corrected chi connectivity index (χ3v) is 6.94. The maximum atomic E-state index is 12.8. The Morgan fingerprint density at radius 2 is 1.52 bits per heavy atom. The number of carboxylic acids is 1. The molecule has 1 atom stereocenters. The van der Waals surface area contributed by atoms with Crippen LogP contribution in [0.4, 0.5) is 4.79 Å². The van der Waals surface area contributed by atoms with Crippen molar-refractivity contribution >= 4 is 28.9 Å². The van der Waals surface area contributed by atoms with Crippen molar-refractivity contribution in [2.45, 2.75) is 51.3 Å². The highest BCUT2D eigenvalue weighted by Crippen LogP contribution is 2.44. The van der Waals surface area contributed by atoms with E-state index >= 15 is 0 Å². The maximum Gasteiger partial charge on any atom is 0.407 e. The van der Waals surface area contributed by atoms with Crippen LogP contribution in [0.3, 0.4) is 0 Å². The summed E-state index contributed by atoms with van der Waals surface area (Å²) in [5, 5.41) is 13.2. The highest BCUT2D eigenvalue weighted by Gasteiger charge is 2.30.